The lowest BCUT2D eigenvalue weighted by atomic mass is 10.2. The molecule has 0 fully saturated rings. The van der Waals surface area contributed by atoms with E-state index in [9.17, 15) is 0 Å². The molecule has 5 heteroatoms. The minimum Gasteiger partial charge on any atom is -0.496 e. The molecule has 0 unspecified atom stereocenters. The predicted octanol–water partition coefficient (Wildman–Crippen LogP) is 2.38. The van der Waals surface area contributed by atoms with Crippen LogP contribution in [0.1, 0.15) is 5.82 Å². The van der Waals surface area contributed by atoms with Crippen LogP contribution in [0.5, 0.6) is 5.75 Å². The Labute approximate surface area is 108 Å². The van der Waals surface area contributed by atoms with E-state index in [4.69, 9.17) is 9.84 Å². The second kappa shape index (κ2) is 5.33. The van der Waals surface area contributed by atoms with Crippen LogP contribution in [0.2, 0.25) is 0 Å². The lowest BCUT2D eigenvalue weighted by molar-refractivity contribution is 0.297. The van der Waals surface area contributed by atoms with Crippen molar-refractivity contribution in [3.8, 4) is 17.0 Å². The highest BCUT2D eigenvalue weighted by Crippen LogP contribution is 2.29. The Kier molecular flexibility index (Phi) is 3.81. The summed E-state index contributed by atoms with van der Waals surface area (Å²) in [7, 11) is 1.63. The van der Waals surface area contributed by atoms with Gasteiger partial charge in [0.05, 0.1) is 30.1 Å². The van der Waals surface area contributed by atoms with Gasteiger partial charge in [0.2, 0.25) is 0 Å². The van der Waals surface area contributed by atoms with Gasteiger partial charge in [-0.2, -0.15) is 0 Å². The number of nitrogens with zero attached hydrogens (tertiary/aromatic N) is 1. The summed E-state index contributed by atoms with van der Waals surface area (Å²) < 4.78 is 6.07. The van der Waals surface area contributed by atoms with Crippen molar-refractivity contribution in [2.75, 3.05) is 13.7 Å². The summed E-state index contributed by atoms with van der Waals surface area (Å²) in [4.78, 5) is 7.35. The van der Waals surface area contributed by atoms with E-state index >= 15 is 0 Å². The van der Waals surface area contributed by atoms with Crippen molar-refractivity contribution >= 4 is 15.9 Å². The van der Waals surface area contributed by atoms with Gasteiger partial charge in [-0.25, -0.2) is 4.98 Å². The normalized spacial score (nSPS) is 10.5. The number of benzene rings is 1. The average Bonchev–Trinajstić information content (AvgIpc) is 2.78. The molecule has 4 nitrogen and oxygen atoms in total. The van der Waals surface area contributed by atoms with Gasteiger partial charge in [0.15, 0.2) is 0 Å². The van der Waals surface area contributed by atoms with Crippen molar-refractivity contribution in [1.82, 2.24) is 9.97 Å². The monoisotopic (exact) mass is 296 g/mol. The summed E-state index contributed by atoms with van der Waals surface area (Å²) in [5.41, 5.74) is 1.95. The van der Waals surface area contributed by atoms with Gasteiger partial charge in [-0.3, -0.25) is 0 Å². The number of aliphatic hydroxyl groups is 1. The number of rotatable bonds is 4. The summed E-state index contributed by atoms with van der Waals surface area (Å²) in [6, 6.07) is 5.82. The molecule has 2 rings (SSSR count). The van der Waals surface area contributed by atoms with E-state index < -0.39 is 0 Å². The minimum atomic E-state index is 0.0965. The van der Waals surface area contributed by atoms with E-state index in [0.717, 1.165) is 27.3 Å². The second-order valence-corrected chi connectivity index (χ2v) is 4.42. The standard InChI is InChI=1S/C12H13BrN2O2/c1-17-11-3-2-8(6-9(11)13)10-7-14-12(15-10)4-5-16/h2-3,6-7,16H,4-5H2,1H3,(H,14,15). The summed E-state index contributed by atoms with van der Waals surface area (Å²) in [5, 5.41) is 8.83. The molecule has 17 heavy (non-hydrogen) atoms. The Morgan fingerprint density at radius 3 is 2.94 bits per heavy atom. The molecule has 2 aromatic rings. The lowest BCUT2D eigenvalue weighted by Crippen LogP contribution is -1.92. The van der Waals surface area contributed by atoms with Gasteiger partial charge in [0, 0.05) is 12.0 Å². The Morgan fingerprint density at radius 2 is 2.29 bits per heavy atom. The SMILES string of the molecule is COc1ccc(-c2cnc(CCO)[nH]2)cc1Br. The van der Waals surface area contributed by atoms with Gasteiger partial charge in [-0.15, -0.1) is 0 Å². The Hall–Kier alpha value is -1.33. The fraction of sp³-hybridized carbons (Fsp3) is 0.250. The molecule has 0 aliphatic carbocycles. The van der Waals surface area contributed by atoms with Crippen LogP contribution in [0, 0.1) is 0 Å². The number of aromatic nitrogens is 2. The molecule has 0 amide bonds. The molecule has 0 saturated heterocycles. The third kappa shape index (κ3) is 2.68. The van der Waals surface area contributed by atoms with Crippen LogP contribution < -0.4 is 4.74 Å². The van der Waals surface area contributed by atoms with Gasteiger partial charge < -0.3 is 14.8 Å². The molecular formula is C12H13BrN2O2. The van der Waals surface area contributed by atoms with Crippen LogP contribution in [0.4, 0.5) is 0 Å². The first-order valence-electron chi connectivity index (χ1n) is 5.23. The van der Waals surface area contributed by atoms with Gasteiger partial charge in [-0.1, -0.05) is 0 Å². The third-order valence-corrected chi connectivity index (χ3v) is 3.06. The summed E-state index contributed by atoms with van der Waals surface area (Å²) in [6.45, 7) is 0.0965. The van der Waals surface area contributed by atoms with Crippen molar-refractivity contribution in [2.24, 2.45) is 0 Å². The Bertz CT molecular complexity index is 511. The molecule has 1 heterocycles. The van der Waals surface area contributed by atoms with Gasteiger partial charge >= 0.3 is 0 Å². The first-order valence-corrected chi connectivity index (χ1v) is 6.02. The van der Waals surface area contributed by atoms with E-state index in [1.807, 2.05) is 18.2 Å². The van der Waals surface area contributed by atoms with Crippen LogP contribution in [0.25, 0.3) is 11.3 Å². The van der Waals surface area contributed by atoms with Gasteiger partial charge in [0.25, 0.3) is 0 Å². The Balaban J connectivity index is 2.29. The molecule has 0 radical (unpaired) electrons. The first-order chi connectivity index (χ1) is 8.24. The average molecular weight is 297 g/mol. The second-order valence-electron chi connectivity index (χ2n) is 3.57. The molecular weight excluding hydrogens is 284 g/mol. The van der Waals surface area contributed by atoms with Gasteiger partial charge in [-0.05, 0) is 34.1 Å². The van der Waals surface area contributed by atoms with Crippen molar-refractivity contribution in [3.05, 3.63) is 34.7 Å². The predicted molar refractivity (Wildman–Crippen MR) is 69.1 cm³/mol. The number of imidazole rings is 1. The van der Waals surface area contributed by atoms with E-state index in [-0.39, 0.29) is 6.61 Å². The van der Waals surface area contributed by atoms with E-state index in [1.165, 1.54) is 0 Å². The number of halogens is 1. The number of nitrogens with one attached hydrogen (secondary N) is 1. The third-order valence-electron chi connectivity index (χ3n) is 2.44. The maximum absolute atomic E-state index is 8.83. The highest BCUT2D eigenvalue weighted by molar-refractivity contribution is 9.10. The van der Waals surface area contributed by atoms with Crippen LogP contribution in [-0.2, 0) is 6.42 Å². The quantitative estimate of drug-likeness (QED) is 0.911. The first kappa shape index (κ1) is 12.1. The Morgan fingerprint density at radius 1 is 1.47 bits per heavy atom. The van der Waals surface area contributed by atoms with E-state index in [0.29, 0.717) is 6.42 Å². The summed E-state index contributed by atoms with van der Waals surface area (Å²) >= 11 is 3.44. The molecule has 2 N–H and O–H groups in total. The van der Waals surface area contributed by atoms with Crippen LogP contribution in [0.15, 0.2) is 28.9 Å². The van der Waals surface area contributed by atoms with E-state index in [1.54, 1.807) is 13.3 Å². The summed E-state index contributed by atoms with van der Waals surface area (Å²) in [6.07, 6.45) is 2.30. The lowest BCUT2D eigenvalue weighted by Gasteiger charge is -2.04. The van der Waals surface area contributed by atoms with E-state index in [2.05, 4.69) is 25.9 Å². The minimum absolute atomic E-state index is 0.0965. The van der Waals surface area contributed by atoms with Crippen LogP contribution >= 0.6 is 15.9 Å². The number of ether oxygens (including phenoxy) is 1. The molecule has 0 saturated carbocycles. The number of hydrogen-bond donors (Lipinski definition) is 2. The number of hydrogen-bond acceptors (Lipinski definition) is 3. The molecule has 0 aliphatic heterocycles. The molecule has 0 atom stereocenters. The van der Waals surface area contributed by atoms with Crippen molar-refractivity contribution in [1.29, 1.82) is 0 Å². The molecule has 0 aliphatic rings. The molecule has 1 aromatic carbocycles. The fourth-order valence-electron chi connectivity index (χ4n) is 1.58. The van der Waals surface area contributed by atoms with Crippen molar-refractivity contribution in [2.45, 2.75) is 6.42 Å². The smallest absolute Gasteiger partial charge is 0.133 e. The maximum Gasteiger partial charge on any atom is 0.133 e. The summed E-state index contributed by atoms with van der Waals surface area (Å²) in [5.74, 6) is 1.58. The fourth-order valence-corrected chi connectivity index (χ4v) is 2.12. The zero-order valence-corrected chi connectivity index (χ0v) is 11.0. The molecule has 0 spiro atoms. The topological polar surface area (TPSA) is 58.1 Å². The number of H-pyrrole nitrogens is 1. The zero-order chi connectivity index (χ0) is 12.3. The van der Waals surface area contributed by atoms with Crippen LogP contribution in [0.3, 0.4) is 0 Å². The zero-order valence-electron chi connectivity index (χ0n) is 9.40. The highest BCUT2D eigenvalue weighted by atomic mass is 79.9. The maximum atomic E-state index is 8.83. The van der Waals surface area contributed by atoms with Crippen molar-refractivity contribution < 1.29 is 9.84 Å². The highest BCUT2D eigenvalue weighted by Gasteiger charge is 2.06. The molecule has 1 aromatic heterocycles. The number of aliphatic hydroxyl groups excluding tert-OH is 1. The molecule has 0 bridgehead atoms. The van der Waals surface area contributed by atoms with Crippen LogP contribution in [-0.4, -0.2) is 28.8 Å². The van der Waals surface area contributed by atoms with Crippen molar-refractivity contribution in [3.63, 3.8) is 0 Å². The number of aromatic amines is 1. The number of methoxy groups -OCH3 is 1. The largest absolute Gasteiger partial charge is 0.496 e. The molecule has 90 valence electrons. The van der Waals surface area contributed by atoms with Gasteiger partial charge in [0.1, 0.15) is 11.6 Å².